The van der Waals surface area contributed by atoms with E-state index >= 15 is 0 Å². The summed E-state index contributed by atoms with van der Waals surface area (Å²) in [6.45, 7) is 12.8. The number of rotatable bonds is 3. The van der Waals surface area contributed by atoms with Crippen LogP contribution in [-0.4, -0.2) is 11.2 Å². The van der Waals surface area contributed by atoms with Crippen LogP contribution in [-0.2, 0) is 0 Å². The average Bonchev–Trinajstić information content (AvgIpc) is 2.44. The maximum Gasteiger partial charge on any atom is 0.0758 e. The highest BCUT2D eigenvalue weighted by Crippen LogP contribution is 2.36. The zero-order valence-electron chi connectivity index (χ0n) is 14.1. The van der Waals surface area contributed by atoms with E-state index in [0.29, 0.717) is 11.8 Å². The monoisotopic (exact) mass is 286 g/mol. The first-order valence-corrected chi connectivity index (χ1v) is 8.25. The van der Waals surface area contributed by atoms with Crippen molar-refractivity contribution < 1.29 is 5.11 Å². The number of allylic oxidation sites excluding steroid dienone is 6. The largest absolute Gasteiger partial charge is 0.389 e. The maximum atomic E-state index is 10.3. The molecule has 2 aliphatic rings. The third-order valence-electron chi connectivity index (χ3n) is 5.36. The Balaban J connectivity index is 2.17. The Labute approximate surface area is 130 Å². The van der Waals surface area contributed by atoms with Gasteiger partial charge in [-0.05, 0) is 82.8 Å². The zero-order chi connectivity index (χ0) is 15.6. The fourth-order valence-electron chi connectivity index (χ4n) is 3.49. The van der Waals surface area contributed by atoms with Crippen LogP contribution in [0.25, 0.3) is 0 Å². The van der Waals surface area contributed by atoms with Crippen LogP contribution < -0.4 is 0 Å². The van der Waals surface area contributed by atoms with Crippen molar-refractivity contribution in [3.8, 4) is 0 Å². The summed E-state index contributed by atoms with van der Waals surface area (Å²) < 4.78 is 0. The summed E-state index contributed by atoms with van der Waals surface area (Å²) in [4.78, 5) is 0. The molecular formula is C20H30O. The van der Waals surface area contributed by atoms with Gasteiger partial charge in [0, 0.05) is 0 Å². The molecule has 0 bridgehead atoms. The highest BCUT2D eigenvalue weighted by molar-refractivity contribution is 5.34. The van der Waals surface area contributed by atoms with E-state index in [2.05, 4.69) is 46.4 Å². The minimum Gasteiger partial charge on any atom is -0.389 e. The van der Waals surface area contributed by atoms with Crippen molar-refractivity contribution in [2.75, 3.05) is 0 Å². The molecule has 0 aromatic rings. The molecule has 0 aromatic carbocycles. The van der Waals surface area contributed by atoms with Crippen molar-refractivity contribution >= 4 is 0 Å². The van der Waals surface area contributed by atoms with Crippen LogP contribution in [0.4, 0.5) is 0 Å². The van der Waals surface area contributed by atoms with Gasteiger partial charge in [0.15, 0.2) is 0 Å². The average molecular weight is 286 g/mol. The second-order valence-electron chi connectivity index (χ2n) is 7.12. The fourth-order valence-corrected chi connectivity index (χ4v) is 3.49. The van der Waals surface area contributed by atoms with Gasteiger partial charge in [0.05, 0.1) is 6.10 Å². The van der Waals surface area contributed by atoms with Gasteiger partial charge in [-0.15, -0.1) is 0 Å². The van der Waals surface area contributed by atoms with Gasteiger partial charge in [-0.1, -0.05) is 35.5 Å². The zero-order valence-corrected chi connectivity index (χ0v) is 14.1. The number of aliphatic hydroxyl groups excluding tert-OH is 1. The lowest BCUT2D eigenvalue weighted by Crippen LogP contribution is -2.22. The van der Waals surface area contributed by atoms with Gasteiger partial charge in [-0.3, -0.25) is 0 Å². The summed E-state index contributed by atoms with van der Waals surface area (Å²) in [5.74, 6) is 1.10. The molecule has 0 fully saturated rings. The highest BCUT2D eigenvalue weighted by atomic mass is 16.3. The Morgan fingerprint density at radius 1 is 1.29 bits per heavy atom. The first-order chi connectivity index (χ1) is 9.88. The topological polar surface area (TPSA) is 20.2 Å². The van der Waals surface area contributed by atoms with Gasteiger partial charge in [-0.25, -0.2) is 0 Å². The molecule has 21 heavy (non-hydrogen) atoms. The van der Waals surface area contributed by atoms with E-state index in [1.165, 1.54) is 41.6 Å². The normalized spacial score (nSPS) is 31.2. The third kappa shape index (κ3) is 3.97. The predicted molar refractivity (Wildman–Crippen MR) is 91.1 cm³/mol. The number of hydrogen-bond donors (Lipinski definition) is 1. The van der Waals surface area contributed by atoms with Crippen LogP contribution >= 0.6 is 0 Å². The molecule has 1 N–H and O–H groups in total. The molecule has 2 rings (SSSR count). The van der Waals surface area contributed by atoms with Crippen LogP contribution in [0.3, 0.4) is 0 Å². The van der Waals surface area contributed by atoms with Crippen molar-refractivity contribution in [3.05, 3.63) is 46.6 Å². The van der Waals surface area contributed by atoms with Crippen molar-refractivity contribution in [3.63, 3.8) is 0 Å². The minimum atomic E-state index is -0.298. The molecule has 3 atom stereocenters. The molecule has 1 heteroatoms. The quantitative estimate of drug-likeness (QED) is 0.694. The summed E-state index contributed by atoms with van der Waals surface area (Å²) in [5.41, 5.74) is 6.70. The molecule has 0 aromatic heterocycles. The van der Waals surface area contributed by atoms with E-state index in [1.54, 1.807) is 0 Å². The van der Waals surface area contributed by atoms with Crippen LogP contribution in [0.2, 0.25) is 0 Å². The molecule has 116 valence electrons. The van der Waals surface area contributed by atoms with Gasteiger partial charge in [0.25, 0.3) is 0 Å². The van der Waals surface area contributed by atoms with Crippen molar-refractivity contribution in [2.24, 2.45) is 11.8 Å². The summed E-state index contributed by atoms with van der Waals surface area (Å²) in [7, 11) is 0. The molecule has 0 radical (unpaired) electrons. The summed E-state index contributed by atoms with van der Waals surface area (Å²) in [6, 6.07) is 0. The van der Waals surface area contributed by atoms with Gasteiger partial charge < -0.3 is 5.11 Å². The SMILES string of the molecule is C=C(C)[C@@H]1CC(/C=C(\C)[C@@H]2CC=C(C)CC2)=C(C)[C@H](O)C1. The lowest BCUT2D eigenvalue weighted by molar-refractivity contribution is 0.172. The molecule has 0 aliphatic heterocycles. The summed E-state index contributed by atoms with van der Waals surface area (Å²) in [5, 5.41) is 10.3. The molecule has 0 unspecified atom stereocenters. The summed E-state index contributed by atoms with van der Waals surface area (Å²) in [6.07, 6.45) is 9.99. The molecule has 0 saturated carbocycles. The molecule has 2 aliphatic carbocycles. The van der Waals surface area contributed by atoms with Gasteiger partial charge in [0.1, 0.15) is 0 Å². The standard InChI is InChI=1S/C20H30O/c1-13(2)18-11-19(16(5)20(21)12-18)10-15(4)17-8-6-14(3)7-9-17/h6,10,17-18,20-21H,1,7-9,11-12H2,2-5H3/b15-10+/t17-,18-,20-/m1/s1. The number of aliphatic hydroxyl groups is 1. The summed E-state index contributed by atoms with van der Waals surface area (Å²) >= 11 is 0. The van der Waals surface area contributed by atoms with Gasteiger partial charge in [-0.2, -0.15) is 0 Å². The Morgan fingerprint density at radius 3 is 2.57 bits per heavy atom. The Kier molecular flexibility index (Phi) is 5.27. The van der Waals surface area contributed by atoms with Crippen LogP contribution in [0.15, 0.2) is 46.6 Å². The molecular weight excluding hydrogens is 256 g/mol. The Morgan fingerprint density at radius 2 is 2.00 bits per heavy atom. The van der Waals surface area contributed by atoms with Crippen LogP contribution in [0.1, 0.15) is 59.8 Å². The van der Waals surface area contributed by atoms with Crippen LogP contribution in [0, 0.1) is 11.8 Å². The number of hydrogen-bond acceptors (Lipinski definition) is 1. The third-order valence-corrected chi connectivity index (χ3v) is 5.36. The lowest BCUT2D eigenvalue weighted by Gasteiger charge is -2.30. The molecule has 0 amide bonds. The van der Waals surface area contributed by atoms with E-state index in [1.807, 2.05) is 0 Å². The maximum absolute atomic E-state index is 10.3. The highest BCUT2D eigenvalue weighted by Gasteiger charge is 2.25. The van der Waals surface area contributed by atoms with Gasteiger partial charge >= 0.3 is 0 Å². The van der Waals surface area contributed by atoms with E-state index in [0.717, 1.165) is 18.4 Å². The van der Waals surface area contributed by atoms with Gasteiger partial charge in [0.2, 0.25) is 0 Å². The Bertz CT molecular complexity index is 504. The lowest BCUT2D eigenvalue weighted by atomic mass is 9.77. The fraction of sp³-hybridized carbons (Fsp3) is 0.600. The minimum absolute atomic E-state index is 0.298. The van der Waals surface area contributed by atoms with E-state index < -0.39 is 0 Å². The second kappa shape index (κ2) is 6.79. The Hall–Kier alpha value is -1.08. The molecule has 1 nitrogen and oxygen atoms in total. The van der Waals surface area contributed by atoms with Crippen molar-refractivity contribution in [1.82, 2.24) is 0 Å². The predicted octanol–water partition coefficient (Wildman–Crippen LogP) is 5.34. The first kappa shape index (κ1) is 16.3. The molecule has 0 saturated heterocycles. The van der Waals surface area contributed by atoms with E-state index in [9.17, 15) is 5.11 Å². The molecule has 0 spiro atoms. The van der Waals surface area contributed by atoms with E-state index in [4.69, 9.17) is 0 Å². The first-order valence-electron chi connectivity index (χ1n) is 8.25. The molecule has 0 heterocycles. The van der Waals surface area contributed by atoms with Crippen LogP contribution in [0.5, 0.6) is 0 Å². The van der Waals surface area contributed by atoms with Crippen molar-refractivity contribution in [1.29, 1.82) is 0 Å². The van der Waals surface area contributed by atoms with E-state index in [-0.39, 0.29) is 6.10 Å². The second-order valence-corrected chi connectivity index (χ2v) is 7.12. The van der Waals surface area contributed by atoms with Crippen molar-refractivity contribution in [2.45, 2.75) is 65.9 Å². The smallest absolute Gasteiger partial charge is 0.0758 e.